The molecule has 0 aromatic carbocycles. The molecule has 1 saturated heterocycles. The highest BCUT2D eigenvalue weighted by Crippen LogP contribution is 2.22. The molecule has 0 radical (unpaired) electrons. The second kappa shape index (κ2) is 31.0. The lowest BCUT2D eigenvalue weighted by molar-refractivity contribution is -0.0657. The van der Waals surface area contributed by atoms with Crippen LogP contribution in [0.4, 0.5) is 0 Å². The maximum absolute atomic E-state index is 10.7. The van der Waals surface area contributed by atoms with Crippen molar-refractivity contribution in [2.75, 3.05) is 13.2 Å². The second-order valence-electron chi connectivity index (χ2n) is 13.6. The molecule has 45 heavy (non-hydrogen) atoms. The Bertz CT molecular complexity index is 691. The van der Waals surface area contributed by atoms with E-state index in [2.05, 4.69) is 13.8 Å². The summed E-state index contributed by atoms with van der Waals surface area (Å²) in [7, 11) is 0. The van der Waals surface area contributed by atoms with Crippen LogP contribution in [0.15, 0.2) is 0 Å². The van der Waals surface area contributed by atoms with Crippen molar-refractivity contribution < 1.29 is 24.4 Å². The molecule has 1 fully saturated rings. The number of hydrogen-bond acceptors (Lipinski definition) is 7. The molecule has 1 rings (SSSR count). The molecule has 2 N–H and O–H groups in total. The van der Waals surface area contributed by atoms with Gasteiger partial charge in [-0.05, 0) is 37.3 Å². The van der Waals surface area contributed by atoms with Gasteiger partial charge in [0.05, 0.1) is 6.61 Å². The summed E-state index contributed by atoms with van der Waals surface area (Å²) < 4.78 is 17.2. The Labute approximate surface area is 289 Å². The fourth-order valence-corrected chi connectivity index (χ4v) is 6.68. The van der Waals surface area contributed by atoms with Gasteiger partial charge in [0.1, 0.15) is 24.9 Å². The molecule has 0 bridgehead atoms. The first kappa shape index (κ1) is 42.7. The van der Waals surface area contributed by atoms with Crippen LogP contribution < -0.4 is 0 Å². The monoisotopic (exact) mass is 672 g/mol. The van der Waals surface area contributed by atoms with E-state index in [0.29, 0.717) is 10.1 Å². The van der Waals surface area contributed by atoms with Crippen LogP contribution in [0.1, 0.15) is 194 Å². The van der Waals surface area contributed by atoms with E-state index >= 15 is 0 Å². The third kappa shape index (κ3) is 24.5. The summed E-state index contributed by atoms with van der Waals surface area (Å²) in [5.74, 6) is 0. The van der Waals surface area contributed by atoms with Gasteiger partial charge in [-0.3, -0.25) is 0 Å². The maximum Gasteiger partial charge on any atom is 0.160 e. The normalized spacial score (nSPS) is 18.7. The number of hydrogen-bond donors (Lipinski definition) is 2. The number of aliphatic hydroxyl groups excluding tert-OH is 2. The van der Waals surface area contributed by atoms with Crippen molar-refractivity contribution >= 4 is 34.5 Å². The van der Waals surface area contributed by atoms with Crippen LogP contribution in [0, 0.1) is 0 Å². The molecule has 0 aliphatic carbocycles. The van der Waals surface area contributed by atoms with Crippen molar-refractivity contribution in [3.63, 3.8) is 0 Å². The number of unbranched alkanes of at least 4 members (excludes halogenated alkanes) is 24. The van der Waals surface area contributed by atoms with Gasteiger partial charge in [0, 0.05) is 12.8 Å². The smallest absolute Gasteiger partial charge is 0.160 e. The van der Waals surface area contributed by atoms with E-state index in [1.807, 2.05) is 0 Å². The molecule has 0 saturated carbocycles. The lowest BCUT2D eigenvalue weighted by Crippen LogP contribution is -2.42. The summed E-state index contributed by atoms with van der Waals surface area (Å²) in [4.78, 5) is 0. The first-order valence-electron chi connectivity index (χ1n) is 19.3. The SMILES string of the molecule is CCCCCCCCCCCCCCCC(=S)OC[C@@H](O)[C@@H]1OC[C@H](OC(=S)CCCCCCCCCCCCCCC)[C@@H]1O. The van der Waals surface area contributed by atoms with Crippen LogP contribution in [0.25, 0.3) is 0 Å². The maximum atomic E-state index is 10.7. The first-order chi connectivity index (χ1) is 22.0. The Morgan fingerprint density at radius 2 is 0.956 bits per heavy atom. The summed E-state index contributed by atoms with van der Waals surface area (Å²) >= 11 is 10.8. The van der Waals surface area contributed by atoms with Crippen LogP contribution in [0.2, 0.25) is 0 Å². The molecule has 0 aromatic heterocycles. The summed E-state index contributed by atoms with van der Waals surface area (Å²) in [5.41, 5.74) is 0. The van der Waals surface area contributed by atoms with Gasteiger partial charge in [-0.25, -0.2) is 0 Å². The summed E-state index contributed by atoms with van der Waals surface area (Å²) in [6.07, 6.45) is 32.4. The zero-order valence-corrected chi connectivity index (χ0v) is 31.1. The number of thiocarbonyl (C=S) groups is 2. The van der Waals surface area contributed by atoms with E-state index in [0.717, 1.165) is 38.5 Å². The second-order valence-corrected chi connectivity index (χ2v) is 14.5. The van der Waals surface area contributed by atoms with Gasteiger partial charge in [-0.15, -0.1) is 0 Å². The molecule has 0 spiro atoms. The number of aliphatic hydroxyl groups is 2. The molecule has 1 aliphatic heterocycles. The highest BCUT2D eigenvalue weighted by molar-refractivity contribution is 7.80. The molecule has 4 atom stereocenters. The minimum absolute atomic E-state index is 0.0229. The molecular formula is C38H72O5S2. The summed E-state index contributed by atoms with van der Waals surface area (Å²) in [6.45, 7) is 4.78. The van der Waals surface area contributed by atoms with Gasteiger partial charge in [0.25, 0.3) is 0 Å². The summed E-state index contributed by atoms with van der Waals surface area (Å²) in [6, 6.07) is 0. The molecule has 1 aliphatic rings. The fraction of sp³-hybridized carbons (Fsp3) is 0.947. The largest absolute Gasteiger partial charge is 0.484 e. The Kier molecular flexibility index (Phi) is 29.4. The first-order valence-corrected chi connectivity index (χ1v) is 20.1. The Hall–Kier alpha value is -0.340. The predicted molar refractivity (Wildman–Crippen MR) is 198 cm³/mol. The summed E-state index contributed by atoms with van der Waals surface area (Å²) in [5, 5.41) is 22.3. The van der Waals surface area contributed by atoms with E-state index in [1.54, 1.807) is 0 Å². The van der Waals surface area contributed by atoms with E-state index in [-0.39, 0.29) is 13.2 Å². The molecule has 1 heterocycles. The van der Waals surface area contributed by atoms with E-state index in [4.69, 9.17) is 38.6 Å². The van der Waals surface area contributed by atoms with Crippen LogP contribution in [-0.2, 0) is 14.2 Å². The predicted octanol–water partition coefficient (Wildman–Crippen LogP) is 11.1. The fourth-order valence-electron chi connectivity index (χ4n) is 6.20. The highest BCUT2D eigenvalue weighted by Gasteiger charge is 2.42. The van der Waals surface area contributed by atoms with Crippen molar-refractivity contribution in [2.45, 2.75) is 218 Å². The minimum atomic E-state index is -0.965. The number of ether oxygens (including phenoxy) is 3. The molecule has 266 valence electrons. The Morgan fingerprint density at radius 1 is 0.600 bits per heavy atom. The quantitative estimate of drug-likeness (QED) is 0.0544. The van der Waals surface area contributed by atoms with Crippen LogP contribution in [-0.4, -0.2) is 57.9 Å². The van der Waals surface area contributed by atoms with Gasteiger partial charge < -0.3 is 24.4 Å². The number of rotatable bonds is 32. The zero-order valence-electron chi connectivity index (χ0n) is 29.5. The standard InChI is InChI=1S/C38H72O5S2/c1-3-5-7-9-11-13-15-17-19-21-23-25-27-29-35(44)41-31-33(39)38-37(40)34(32-42-38)43-36(45)30-28-26-24-22-20-18-16-14-12-10-8-6-4-2/h33-34,37-40H,3-32H2,1-2H3/t33-,34+,37+,38+/m1/s1. The van der Waals surface area contributed by atoms with E-state index < -0.39 is 24.4 Å². The lowest BCUT2D eigenvalue weighted by Gasteiger charge is -2.23. The van der Waals surface area contributed by atoms with Crippen molar-refractivity contribution in [1.29, 1.82) is 0 Å². The van der Waals surface area contributed by atoms with Gasteiger partial charge in [0.15, 0.2) is 16.2 Å². The lowest BCUT2D eigenvalue weighted by atomic mass is 10.0. The van der Waals surface area contributed by atoms with E-state index in [1.165, 1.54) is 141 Å². The van der Waals surface area contributed by atoms with Gasteiger partial charge in [-0.2, -0.15) is 0 Å². The van der Waals surface area contributed by atoms with Gasteiger partial charge >= 0.3 is 0 Å². The average Bonchev–Trinajstić information content (AvgIpc) is 3.39. The van der Waals surface area contributed by atoms with Gasteiger partial charge in [0.2, 0.25) is 0 Å². The molecule has 5 nitrogen and oxygen atoms in total. The average molecular weight is 673 g/mol. The molecule has 0 aromatic rings. The molecule has 0 unspecified atom stereocenters. The Morgan fingerprint density at radius 3 is 1.36 bits per heavy atom. The molecule has 7 heteroatoms. The minimum Gasteiger partial charge on any atom is -0.484 e. The zero-order chi connectivity index (χ0) is 32.8. The molecule has 0 amide bonds. The topological polar surface area (TPSA) is 68.2 Å². The van der Waals surface area contributed by atoms with E-state index in [9.17, 15) is 10.2 Å². The third-order valence-electron chi connectivity index (χ3n) is 9.22. The highest BCUT2D eigenvalue weighted by atomic mass is 32.1. The van der Waals surface area contributed by atoms with Crippen molar-refractivity contribution in [3.05, 3.63) is 0 Å². The Balaban J connectivity index is 1.98. The van der Waals surface area contributed by atoms with Gasteiger partial charge in [-0.1, -0.05) is 168 Å². The van der Waals surface area contributed by atoms with Crippen molar-refractivity contribution in [3.8, 4) is 0 Å². The van der Waals surface area contributed by atoms with Crippen molar-refractivity contribution in [2.24, 2.45) is 0 Å². The van der Waals surface area contributed by atoms with Crippen LogP contribution in [0.5, 0.6) is 0 Å². The van der Waals surface area contributed by atoms with Crippen LogP contribution >= 0.6 is 24.4 Å². The van der Waals surface area contributed by atoms with Crippen LogP contribution in [0.3, 0.4) is 0 Å². The van der Waals surface area contributed by atoms with Crippen molar-refractivity contribution in [1.82, 2.24) is 0 Å². The third-order valence-corrected chi connectivity index (χ3v) is 9.84. The molecular weight excluding hydrogens is 601 g/mol.